The van der Waals surface area contributed by atoms with E-state index in [1.165, 1.54) is 11.0 Å². The Kier molecular flexibility index (Phi) is 5.66. The van der Waals surface area contributed by atoms with E-state index in [0.717, 1.165) is 23.3 Å². The van der Waals surface area contributed by atoms with E-state index in [9.17, 15) is 18.4 Å². The number of para-hydroxylation sites is 1. The Balaban J connectivity index is 1.58. The van der Waals surface area contributed by atoms with Crippen molar-refractivity contribution in [3.63, 3.8) is 0 Å². The first-order valence-corrected chi connectivity index (χ1v) is 9.90. The lowest BCUT2D eigenvalue weighted by molar-refractivity contribution is -0.122. The number of nitrogens with one attached hydrogen (secondary N) is 2. The van der Waals surface area contributed by atoms with Gasteiger partial charge < -0.3 is 15.5 Å². The van der Waals surface area contributed by atoms with Crippen LogP contribution < -0.4 is 10.6 Å². The normalized spacial score (nSPS) is 16.3. The van der Waals surface area contributed by atoms with Gasteiger partial charge in [-0.15, -0.1) is 0 Å². The maximum Gasteiger partial charge on any atom is 0.323 e. The number of carbonyl (C=O) groups is 2. The van der Waals surface area contributed by atoms with E-state index in [2.05, 4.69) is 10.6 Å². The number of hydrogen-bond donors (Lipinski definition) is 2. The van der Waals surface area contributed by atoms with Crippen LogP contribution in [0.4, 0.5) is 19.3 Å². The third-order valence-corrected chi connectivity index (χ3v) is 5.31. The van der Waals surface area contributed by atoms with E-state index in [1.54, 1.807) is 6.92 Å². The van der Waals surface area contributed by atoms with Gasteiger partial charge in [0, 0.05) is 22.9 Å². The van der Waals surface area contributed by atoms with E-state index in [4.69, 9.17) is 0 Å². The van der Waals surface area contributed by atoms with Gasteiger partial charge in [-0.05, 0) is 24.6 Å². The molecule has 1 unspecified atom stereocenters. The van der Waals surface area contributed by atoms with Gasteiger partial charge in [-0.3, -0.25) is 4.79 Å². The molecular weight excluding hydrogens is 400 g/mol. The van der Waals surface area contributed by atoms with Crippen molar-refractivity contribution in [1.29, 1.82) is 0 Å². The molecule has 4 rings (SSSR count). The summed E-state index contributed by atoms with van der Waals surface area (Å²) in [6.45, 7) is 1.38. The molecule has 1 aliphatic rings. The summed E-state index contributed by atoms with van der Waals surface area (Å²) in [6.07, 6.45) is 0. The first-order chi connectivity index (χ1) is 14.9. The minimum Gasteiger partial charge on any atom is -0.348 e. The van der Waals surface area contributed by atoms with Gasteiger partial charge in [-0.1, -0.05) is 54.6 Å². The van der Waals surface area contributed by atoms with Crippen LogP contribution >= 0.6 is 0 Å². The molecule has 0 saturated heterocycles. The molecule has 0 aliphatic carbocycles. The molecule has 7 heteroatoms. The van der Waals surface area contributed by atoms with Crippen molar-refractivity contribution in [2.45, 2.75) is 19.0 Å². The molecule has 158 valence electrons. The summed E-state index contributed by atoms with van der Waals surface area (Å²) in [6, 6.07) is 18.6. The average molecular weight is 421 g/mol. The molecule has 1 aliphatic heterocycles. The second-order valence-electron chi connectivity index (χ2n) is 7.41. The lowest BCUT2D eigenvalue weighted by Gasteiger charge is -2.37. The summed E-state index contributed by atoms with van der Waals surface area (Å²) in [5.74, 6) is -1.87. The highest BCUT2D eigenvalue weighted by Crippen LogP contribution is 2.37. The lowest BCUT2D eigenvalue weighted by atomic mass is 9.94. The maximum atomic E-state index is 14.1. The van der Waals surface area contributed by atoms with Crippen LogP contribution in [0.1, 0.15) is 35.7 Å². The van der Waals surface area contributed by atoms with Crippen molar-refractivity contribution in [3.8, 4) is 0 Å². The highest BCUT2D eigenvalue weighted by atomic mass is 19.1. The Hall–Kier alpha value is -3.74. The fourth-order valence-corrected chi connectivity index (χ4v) is 3.85. The zero-order chi connectivity index (χ0) is 22.0. The average Bonchev–Trinajstić information content (AvgIpc) is 2.74. The van der Waals surface area contributed by atoms with Crippen LogP contribution in [0.15, 0.2) is 72.8 Å². The molecule has 1 heterocycles. The van der Waals surface area contributed by atoms with Crippen LogP contribution in [0.3, 0.4) is 0 Å². The smallest absolute Gasteiger partial charge is 0.323 e. The monoisotopic (exact) mass is 421 g/mol. The van der Waals surface area contributed by atoms with Gasteiger partial charge >= 0.3 is 6.03 Å². The second kappa shape index (κ2) is 8.55. The fourth-order valence-electron chi connectivity index (χ4n) is 3.85. The maximum absolute atomic E-state index is 14.1. The first kappa shape index (κ1) is 20.5. The summed E-state index contributed by atoms with van der Waals surface area (Å²) in [5, 5.41) is 5.52. The number of urea groups is 1. The van der Waals surface area contributed by atoms with Crippen molar-refractivity contribution in [2.24, 2.45) is 0 Å². The standard InChI is InChI=1S/C24H21F2N3O2/c1-15(18-12-11-17(25)13-20(18)26)27-22(30)14-29-23(16-7-3-2-4-8-16)19-9-5-6-10-21(19)28-24(29)31/h2-13,15,23H,14H2,1H3,(H,27,30)(H,28,31)/t15-,23?/m0/s1. The van der Waals surface area contributed by atoms with Crippen LogP contribution in [0, 0.1) is 11.6 Å². The summed E-state index contributed by atoms with van der Waals surface area (Å²) in [7, 11) is 0. The molecule has 5 nitrogen and oxygen atoms in total. The predicted octanol–water partition coefficient (Wildman–Crippen LogP) is 4.78. The summed E-state index contributed by atoms with van der Waals surface area (Å²) in [4.78, 5) is 27.1. The minimum atomic E-state index is -0.736. The first-order valence-electron chi connectivity index (χ1n) is 9.90. The summed E-state index contributed by atoms with van der Waals surface area (Å²) in [5.41, 5.74) is 2.61. The van der Waals surface area contributed by atoms with Crippen molar-refractivity contribution in [1.82, 2.24) is 10.2 Å². The highest BCUT2D eigenvalue weighted by molar-refractivity contribution is 5.96. The number of nitrogens with zero attached hydrogens (tertiary/aromatic N) is 1. The second-order valence-corrected chi connectivity index (χ2v) is 7.41. The number of amides is 3. The Morgan fingerprint density at radius 2 is 1.77 bits per heavy atom. The van der Waals surface area contributed by atoms with Crippen molar-refractivity contribution in [3.05, 3.63) is 101 Å². The number of hydrogen-bond acceptors (Lipinski definition) is 2. The molecule has 2 atom stereocenters. The number of benzene rings is 3. The van der Waals surface area contributed by atoms with Crippen LogP contribution in [-0.2, 0) is 4.79 Å². The fraction of sp³-hybridized carbons (Fsp3) is 0.167. The van der Waals surface area contributed by atoms with Gasteiger partial charge in [0.15, 0.2) is 0 Å². The molecule has 31 heavy (non-hydrogen) atoms. The Morgan fingerprint density at radius 3 is 2.52 bits per heavy atom. The van der Waals surface area contributed by atoms with Crippen molar-refractivity contribution >= 4 is 17.6 Å². The van der Waals surface area contributed by atoms with Crippen LogP contribution in [0.2, 0.25) is 0 Å². The van der Waals surface area contributed by atoms with Crippen LogP contribution in [0.5, 0.6) is 0 Å². The molecule has 0 radical (unpaired) electrons. The van der Waals surface area contributed by atoms with E-state index in [1.807, 2.05) is 54.6 Å². The van der Waals surface area contributed by atoms with Crippen LogP contribution in [0.25, 0.3) is 0 Å². The summed E-state index contributed by atoms with van der Waals surface area (Å²) < 4.78 is 27.2. The van der Waals surface area contributed by atoms with E-state index < -0.39 is 35.7 Å². The van der Waals surface area contributed by atoms with Crippen molar-refractivity contribution < 1.29 is 18.4 Å². The topological polar surface area (TPSA) is 61.4 Å². The number of halogens is 2. The van der Waals surface area contributed by atoms with Crippen LogP contribution in [-0.4, -0.2) is 23.4 Å². The zero-order valence-electron chi connectivity index (χ0n) is 16.8. The van der Waals surface area contributed by atoms with E-state index >= 15 is 0 Å². The molecule has 3 aromatic rings. The molecule has 3 aromatic carbocycles. The minimum absolute atomic E-state index is 0.169. The highest BCUT2D eigenvalue weighted by Gasteiger charge is 2.34. The molecule has 0 aromatic heterocycles. The Bertz CT molecular complexity index is 1120. The molecule has 0 saturated carbocycles. The number of rotatable bonds is 5. The molecule has 0 spiro atoms. The number of fused-ring (bicyclic) bond motifs is 1. The zero-order valence-corrected chi connectivity index (χ0v) is 16.8. The molecule has 0 bridgehead atoms. The lowest BCUT2D eigenvalue weighted by Crippen LogP contribution is -2.48. The summed E-state index contributed by atoms with van der Waals surface area (Å²) >= 11 is 0. The van der Waals surface area contributed by atoms with Gasteiger partial charge in [0.05, 0.1) is 12.1 Å². The van der Waals surface area contributed by atoms with Gasteiger partial charge in [0.25, 0.3) is 0 Å². The predicted molar refractivity (Wildman–Crippen MR) is 113 cm³/mol. The largest absolute Gasteiger partial charge is 0.348 e. The van der Waals surface area contributed by atoms with Gasteiger partial charge in [-0.25, -0.2) is 13.6 Å². The number of anilines is 1. The molecular formula is C24H21F2N3O2. The van der Waals surface area contributed by atoms with Crippen molar-refractivity contribution in [2.75, 3.05) is 11.9 Å². The third-order valence-electron chi connectivity index (χ3n) is 5.31. The number of carbonyl (C=O) groups excluding carboxylic acids is 2. The van der Waals surface area contributed by atoms with Gasteiger partial charge in [-0.2, -0.15) is 0 Å². The quantitative estimate of drug-likeness (QED) is 0.623. The SMILES string of the molecule is C[C@H](NC(=O)CN1C(=O)Nc2ccccc2C1c1ccccc1)c1ccc(F)cc1F. The molecule has 3 amide bonds. The van der Waals surface area contributed by atoms with Gasteiger partial charge in [0.2, 0.25) is 5.91 Å². The van der Waals surface area contributed by atoms with E-state index in [-0.39, 0.29) is 12.1 Å². The Labute approximate surface area is 178 Å². The molecule has 2 N–H and O–H groups in total. The third kappa shape index (κ3) is 4.26. The Morgan fingerprint density at radius 1 is 1.06 bits per heavy atom. The molecule has 0 fully saturated rings. The van der Waals surface area contributed by atoms with Gasteiger partial charge in [0.1, 0.15) is 18.2 Å². The van der Waals surface area contributed by atoms with E-state index in [0.29, 0.717) is 5.69 Å².